The Balaban J connectivity index is 2.16. The average molecular weight is 272 g/mol. The fourth-order valence-electron chi connectivity index (χ4n) is 1.78. The van der Waals surface area contributed by atoms with Crippen molar-refractivity contribution in [2.45, 2.75) is 13.5 Å². The molecule has 0 aliphatic heterocycles. The number of carboxylic acid groups (broad SMARTS) is 1. The van der Waals surface area contributed by atoms with Gasteiger partial charge in [0.25, 0.3) is 0 Å². The highest BCUT2D eigenvalue weighted by molar-refractivity contribution is 5.89. The minimum absolute atomic E-state index is 0.218. The van der Waals surface area contributed by atoms with Crippen LogP contribution in [0.5, 0.6) is 5.75 Å². The van der Waals surface area contributed by atoms with Crippen LogP contribution in [0.3, 0.4) is 0 Å². The van der Waals surface area contributed by atoms with E-state index in [1.54, 1.807) is 25.4 Å². The standard InChI is InChI=1S/C15H16N2O3/c1-10-3-4-11(8-16-10)9-17-13-7-12(15(18)19)5-6-14(13)20-2/h3-8,17H,9H2,1-2H3,(H,18,19). The third kappa shape index (κ3) is 3.26. The van der Waals surface area contributed by atoms with Crippen LogP contribution in [0.15, 0.2) is 36.5 Å². The maximum absolute atomic E-state index is 11.0. The van der Waals surface area contributed by atoms with Gasteiger partial charge in [-0.2, -0.15) is 0 Å². The van der Waals surface area contributed by atoms with Crippen LogP contribution >= 0.6 is 0 Å². The summed E-state index contributed by atoms with van der Waals surface area (Å²) in [6.07, 6.45) is 1.79. The zero-order chi connectivity index (χ0) is 14.5. The summed E-state index contributed by atoms with van der Waals surface area (Å²) >= 11 is 0. The third-order valence-corrected chi connectivity index (χ3v) is 2.90. The Kier molecular flexibility index (Phi) is 4.20. The molecule has 1 aromatic heterocycles. The number of nitrogens with zero attached hydrogens (tertiary/aromatic N) is 1. The Morgan fingerprint density at radius 2 is 2.15 bits per heavy atom. The summed E-state index contributed by atoms with van der Waals surface area (Å²) in [6, 6.07) is 8.62. The Labute approximate surface area is 117 Å². The Bertz CT molecular complexity index is 609. The molecule has 2 rings (SSSR count). The van der Waals surface area contributed by atoms with E-state index in [1.165, 1.54) is 6.07 Å². The lowest BCUT2D eigenvalue weighted by molar-refractivity contribution is 0.0697. The Morgan fingerprint density at radius 3 is 2.75 bits per heavy atom. The molecule has 1 heterocycles. The van der Waals surface area contributed by atoms with Gasteiger partial charge < -0.3 is 15.2 Å². The summed E-state index contributed by atoms with van der Waals surface area (Å²) in [4.78, 5) is 15.2. The van der Waals surface area contributed by atoms with Crippen LogP contribution in [0, 0.1) is 6.92 Å². The highest BCUT2D eigenvalue weighted by atomic mass is 16.5. The molecule has 1 aromatic carbocycles. The molecule has 0 aliphatic rings. The highest BCUT2D eigenvalue weighted by Crippen LogP contribution is 2.26. The smallest absolute Gasteiger partial charge is 0.335 e. The molecule has 0 atom stereocenters. The predicted octanol–water partition coefficient (Wildman–Crippen LogP) is 2.71. The second-order valence-electron chi connectivity index (χ2n) is 4.38. The number of aromatic carboxylic acids is 1. The fraction of sp³-hybridized carbons (Fsp3) is 0.200. The quantitative estimate of drug-likeness (QED) is 0.875. The van der Waals surface area contributed by atoms with Crippen molar-refractivity contribution in [3.63, 3.8) is 0 Å². The van der Waals surface area contributed by atoms with Crippen LogP contribution in [0.1, 0.15) is 21.6 Å². The highest BCUT2D eigenvalue weighted by Gasteiger charge is 2.08. The van der Waals surface area contributed by atoms with Crippen LogP contribution in [0.4, 0.5) is 5.69 Å². The first-order valence-electron chi connectivity index (χ1n) is 6.17. The maximum atomic E-state index is 11.0. The van der Waals surface area contributed by atoms with Crippen molar-refractivity contribution in [3.8, 4) is 5.75 Å². The molecule has 2 aromatic rings. The summed E-state index contributed by atoms with van der Waals surface area (Å²) in [7, 11) is 1.55. The molecule has 0 saturated carbocycles. The number of carboxylic acids is 1. The van der Waals surface area contributed by atoms with E-state index in [0.29, 0.717) is 18.0 Å². The summed E-state index contributed by atoms with van der Waals surface area (Å²) in [5, 5.41) is 12.2. The molecule has 20 heavy (non-hydrogen) atoms. The number of aromatic nitrogens is 1. The molecule has 0 bridgehead atoms. The first kappa shape index (κ1) is 13.9. The third-order valence-electron chi connectivity index (χ3n) is 2.90. The maximum Gasteiger partial charge on any atom is 0.335 e. The van der Waals surface area contributed by atoms with Crippen molar-refractivity contribution in [1.29, 1.82) is 0 Å². The zero-order valence-corrected chi connectivity index (χ0v) is 11.4. The molecule has 2 N–H and O–H groups in total. The lowest BCUT2D eigenvalue weighted by Crippen LogP contribution is -2.04. The number of carbonyl (C=O) groups is 1. The molecule has 104 valence electrons. The number of hydrogen-bond donors (Lipinski definition) is 2. The van der Waals surface area contributed by atoms with E-state index in [-0.39, 0.29) is 5.56 Å². The van der Waals surface area contributed by atoms with Crippen LogP contribution in [-0.2, 0) is 6.54 Å². The molecule has 0 unspecified atom stereocenters. The molecule has 0 saturated heterocycles. The minimum Gasteiger partial charge on any atom is -0.495 e. The average Bonchev–Trinajstić information content (AvgIpc) is 2.46. The van der Waals surface area contributed by atoms with Gasteiger partial charge in [0, 0.05) is 18.4 Å². The van der Waals surface area contributed by atoms with Gasteiger partial charge in [-0.1, -0.05) is 6.07 Å². The first-order valence-corrected chi connectivity index (χ1v) is 6.17. The number of ether oxygens (including phenoxy) is 1. The number of nitrogens with one attached hydrogen (secondary N) is 1. The van der Waals surface area contributed by atoms with Gasteiger partial charge in [0.15, 0.2) is 0 Å². The van der Waals surface area contributed by atoms with Crippen LogP contribution < -0.4 is 10.1 Å². The summed E-state index contributed by atoms with van der Waals surface area (Å²) in [5.74, 6) is -0.359. The summed E-state index contributed by atoms with van der Waals surface area (Å²) in [5.41, 5.74) is 2.83. The number of hydrogen-bond acceptors (Lipinski definition) is 4. The number of pyridine rings is 1. The lowest BCUT2D eigenvalue weighted by atomic mass is 10.1. The van der Waals surface area contributed by atoms with Gasteiger partial charge in [-0.3, -0.25) is 4.98 Å². The number of anilines is 1. The predicted molar refractivity (Wildman–Crippen MR) is 76.3 cm³/mol. The fourth-order valence-corrected chi connectivity index (χ4v) is 1.78. The van der Waals surface area contributed by atoms with E-state index in [0.717, 1.165) is 11.3 Å². The molecule has 0 aliphatic carbocycles. The Morgan fingerprint density at radius 1 is 1.35 bits per heavy atom. The second kappa shape index (κ2) is 6.06. The van der Waals surface area contributed by atoms with Crippen LogP contribution in [0.2, 0.25) is 0 Å². The summed E-state index contributed by atoms with van der Waals surface area (Å²) in [6.45, 7) is 2.48. The number of aryl methyl sites for hydroxylation is 1. The molecule has 0 fully saturated rings. The van der Waals surface area contributed by atoms with Gasteiger partial charge in [-0.05, 0) is 36.8 Å². The SMILES string of the molecule is COc1ccc(C(=O)O)cc1NCc1ccc(C)nc1. The Hall–Kier alpha value is -2.56. The van der Waals surface area contributed by atoms with Gasteiger partial charge in [-0.15, -0.1) is 0 Å². The van der Waals surface area contributed by atoms with E-state index in [4.69, 9.17) is 9.84 Å². The van der Waals surface area contributed by atoms with Crippen molar-refractivity contribution in [1.82, 2.24) is 4.98 Å². The molecule has 0 spiro atoms. The van der Waals surface area contributed by atoms with Crippen LogP contribution in [0.25, 0.3) is 0 Å². The van der Waals surface area contributed by atoms with E-state index in [2.05, 4.69) is 10.3 Å². The number of methoxy groups -OCH3 is 1. The van der Waals surface area contributed by atoms with E-state index in [9.17, 15) is 4.79 Å². The van der Waals surface area contributed by atoms with Crippen molar-refractivity contribution < 1.29 is 14.6 Å². The van der Waals surface area contributed by atoms with E-state index >= 15 is 0 Å². The largest absolute Gasteiger partial charge is 0.495 e. The van der Waals surface area contributed by atoms with Gasteiger partial charge in [0.1, 0.15) is 5.75 Å². The topological polar surface area (TPSA) is 71.5 Å². The van der Waals surface area contributed by atoms with E-state index < -0.39 is 5.97 Å². The van der Waals surface area contributed by atoms with Crippen LogP contribution in [-0.4, -0.2) is 23.2 Å². The van der Waals surface area contributed by atoms with Crippen molar-refractivity contribution >= 4 is 11.7 Å². The van der Waals surface area contributed by atoms with E-state index in [1.807, 2.05) is 19.1 Å². The zero-order valence-electron chi connectivity index (χ0n) is 11.4. The molecule has 5 heteroatoms. The molecule has 5 nitrogen and oxygen atoms in total. The van der Waals surface area contributed by atoms with Crippen molar-refractivity contribution in [3.05, 3.63) is 53.3 Å². The molecular weight excluding hydrogens is 256 g/mol. The number of rotatable bonds is 5. The summed E-state index contributed by atoms with van der Waals surface area (Å²) < 4.78 is 5.22. The second-order valence-corrected chi connectivity index (χ2v) is 4.38. The van der Waals surface area contributed by atoms with Gasteiger partial charge in [0.05, 0.1) is 18.4 Å². The molecule has 0 amide bonds. The van der Waals surface area contributed by atoms with Crippen molar-refractivity contribution in [2.75, 3.05) is 12.4 Å². The van der Waals surface area contributed by atoms with Gasteiger partial charge in [-0.25, -0.2) is 4.79 Å². The lowest BCUT2D eigenvalue weighted by Gasteiger charge is -2.12. The first-order chi connectivity index (χ1) is 9.60. The van der Waals surface area contributed by atoms with Gasteiger partial charge in [0.2, 0.25) is 0 Å². The normalized spacial score (nSPS) is 10.1. The minimum atomic E-state index is -0.965. The van der Waals surface area contributed by atoms with Gasteiger partial charge >= 0.3 is 5.97 Å². The molecule has 0 radical (unpaired) electrons. The molecular formula is C15H16N2O3. The number of benzene rings is 1. The van der Waals surface area contributed by atoms with Crippen molar-refractivity contribution in [2.24, 2.45) is 0 Å². The monoisotopic (exact) mass is 272 g/mol.